The Morgan fingerprint density at radius 3 is 2.20 bits per heavy atom. The van der Waals surface area contributed by atoms with Gasteiger partial charge < -0.3 is 0 Å². The molecule has 6 rings (SSSR count). The summed E-state index contributed by atoms with van der Waals surface area (Å²) in [5.41, 5.74) is 2.79. The molecule has 0 spiro atoms. The SMILES string of the molecule is O=C1C[C@H]2C[C@@H]1C/C2=C\c1ccc2ccc3cccc4ccc1c2c34. The van der Waals surface area contributed by atoms with Crippen LogP contribution < -0.4 is 0 Å². The Kier molecular flexibility index (Phi) is 2.55. The zero-order chi connectivity index (χ0) is 16.5. The Morgan fingerprint density at radius 2 is 1.48 bits per heavy atom. The van der Waals surface area contributed by atoms with Gasteiger partial charge in [-0.1, -0.05) is 66.2 Å². The zero-order valence-electron chi connectivity index (χ0n) is 14.0. The number of hydrogen-bond acceptors (Lipinski definition) is 1. The highest BCUT2D eigenvalue weighted by Crippen LogP contribution is 2.47. The van der Waals surface area contributed by atoms with Gasteiger partial charge in [0.1, 0.15) is 5.78 Å². The van der Waals surface area contributed by atoms with Crippen molar-refractivity contribution in [2.75, 3.05) is 0 Å². The second kappa shape index (κ2) is 4.70. The lowest BCUT2D eigenvalue weighted by Gasteiger charge is -2.15. The van der Waals surface area contributed by atoms with Crippen LogP contribution >= 0.6 is 0 Å². The summed E-state index contributed by atoms with van der Waals surface area (Å²) in [6, 6.07) is 20.0. The van der Waals surface area contributed by atoms with Crippen molar-refractivity contribution in [3.05, 3.63) is 65.7 Å². The first-order chi connectivity index (χ1) is 12.3. The van der Waals surface area contributed by atoms with Gasteiger partial charge in [0, 0.05) is 12.3 Å². The summed E-state index contributed by atoms with van der Waals surface area (Å²) in [6.07, 6.45) is 5.20. The molecule has 0 aliphatic heterocycles. The van der Waals surface area contributed by atoms with Crippen molar-refractivity contribution in [1.82, 2.24) is 0 Å². The number of allylic oxidation sites excluding steroid dienone is 1. The maximum atomic E-state index is 11.8. The molecule has 0 radical (unpaired) electrons. The van der Waals surface area contributed by atoms with Crippen LogP contribution in [0, 0.1) is 11.8 Å². The van der Waals surface area contributed by atoms with Crippen molar-refractivity contribution in [2.45, 2.75) is 19.3 Å². The Morgan fingerprint density at radius 1 is 0.760 bits per heavy atom. The van der Waals surface area contributed by atoms with Gasteiger partial charge in [0.2, 0.25) is 0 Å². The first-order valence-corrected chi connectivity index (χ1v) is 9.17. The minimum atomic E-state index is 0.302. The van der Waals surface area contributed by atoms with Gasteiger partial charge in [0.05, 0.1) is 0 Å². The summed E-state index contributed by atoms with van der Waals surface area (Å²) in [5.74, 6) is 1.28. The molecule has 120 valence electrons. The third kappa shape index (κ3) is 1.81. The lowest BCUT2D eigenvalue weighted by atomic mass is 9.89. The van der Waals surface area contributed by atoms with Gasteiger partial charge in [-0.3, -0.25) is 4.79 Å². The number of carbonyl (C=O) groups is 1. The van der Waals surface area contributed by atoms with Crippen LogP contribution in [0.15, 0.2) is 60.2 Å². The highest BCUT2D eigenvalue weighted by molar-refractivity contribution is 6.24. The predicted octanol–water partition coefficient (Wildman–Crippen LogP) is 5.97. The highest BCUT2D eigenvalue weighted by Gasteiger charge is 2.41. The van der Waals surface area contributed by atoms with E-state index >= 15 is 0 Å². The number of carbonyl (C=O) groups excluding carboxylic acids is 1. The summed E-state index contributed by atoms with van der Waals surface area (Å²) in [7, 11) is 0. The molecule has 0 unspecified atom stereocenters. The molecule has 4 aromatic carbocycles. The summed E-state index contributed by atoms with van der Waals surface area (Å²) < 4.78 is 0. The van der Waals surface area contributed by atoms with E-state index < -0.39 is 0 Å². The van der Waals surface area contributed by atoms with Gasteiger partial charge in [0.15, 0.2) is 0 Å². The number of benzene rings is 4. The quantitative estimate of drug-likeness (QED) is 0.395. The summed E-state index contributed by atoms with van der Waals surface area (Å²) in [6.45, 7) is 0. The van der Waals surface area contributed by atoms with Gasteiger partial charge in [-0.15, -0.1) is 0 Å². The van der Waals surface area contributed by atoms with Gasteiger partial charge in [-0.05, 0) is 56.6 Å². The molecule has 25 heavy (non-hydrogen) atoms. The first-order valence-electron chi connectivity index (χ1n) is 9.17. The fraction of sp³-hybridized carbons (Fsp3) is 0.208. The standard InChI is InChI=1S/C24H18O/c25-22-13-19-12-20(22)11-18(19)10-17-7-6-16-5-4-14-2-1-3-15-8-9-21(17)24(16)23(14)15/h1-10,19-20H,11-13H2/b18-10+/t19-,20+/m1/s1. The van der Waals surface area contributed by atoms with Crippen LogP contribution in [0.25, 0.3) is 38.4 Å². The molecule has 0 heterocycles. The van der Waals surface area contributed by atoms with E-state index in [2.05, 4.69) is 60.7 Å². The van der Waals surface area contributed by atoms with E-state index in [1.165, 1.54) is 43.5 Å². The predicted molar refractivity (Wildman–Crippen MR) is 104 cm³/mol. The summed E-state index contributed by atoms with van der Waals surface area (Å²) in [4.78, 5) is 11.8. The van der Waals surface area contributed by atoms with Gasteiger partial charge in [-0.25, -0.2) is 0 Å². The van der Waals surface area contributed by atoms with Crippen LogP contribution in [0.1, 0.15) is 24.8 Å². The smallest absolute Gasteiger partial charge is 0.136 e. The Bertz CT molecular complexity index is 1180. The number of Topliss-reactive ketones (excluding diaryl/α,β-unsaturated/α-hetero) is 1. The van der Waals surface area contributed by atoms with E-state index in [1.54, 1.807) is 0 Å². The van der Waals surface area contributed by atoms with Crippen molar-refractivity contribution in [2.24, 2.45) is 11.8 Å². The molecule has 0 saturated heterocycles. The second-order valence-corrected chi connectivity index (χ2v) is 7.73. The van der Waals surface area contributed by atoms with Crippen LogP contribution in [-0.4, -0.2) is 5.78 Å². The largest absolute Gasteiger partial charge is 0.299 e. The lowest BCUT2D eigenvalue weighted by Crippen LogP contribution is -2.10. The van der Waals surface area contributed by atoms with E-state index in [1.807, 2.05) is 0 Å². The molecule has 2 saturated carbocycles. The van der Waals surface area contributed by atoms with Gasteiger partial charge in [0.25, 0.3) is 0 Å². The molecule has 2 atom stereocenters. The molecule has 2 aliphatic rings. The molecule has 0 amide bonds. The van der Waals surface area contributed by atoms with Gasteiger partial charge >= 0.3 is 0 Å². The molecule has 2 fully saturated rings. The number of fused-ring (bicyclic) bond motifs is 2. The maximum absolute atomic E-state index is 11.8. The Balaban J connectivity index is 1.62. The highest BCUT2D eigenvalue weighted by atomic mass is 16.1. The third-order valence-electron chi connectivity index (χ3n) is 6.38. The van der Waals surface area contributed by atoms with E-state index in [-0.39, 0.29) is 0 Å². The monoisotopic (exact) mass is 322 g/mol. The Hall–Kier alpha value is -2.67. The van der Waals surface area contributed by atoms with Crippen LogP contribution in [0.2, 0.25) is 0 Å². The molecule has 0 aromatic heterocycles. The van der Waals surface area contributed by atoms with Crippen LogP contribution in [0.5, 0.6) is 0 Å². The molecular formula is C24H18O. The number of rotatable bonds is 1. The Labute approximate surface area is 146 Å². The molecule has 1 heteroatoms. The van der Waals surface area contributed by atoms with Crippen molar-refractivity contribution >= 4 is 44.2 Å². The average molecular weight is 322 g/mol. The molecule has 1 nitrogen and oxygen atoms in total. The van der Waals surface area contributed by atoms with Crippen LogP contribution in [0.4, 0.5) is 0 Å². The molecule has 4 aromatic rings. The molecule has 2 bridgehead atoms. The number of ketones is 1. The normalized spacial score (nSPS) is 24.5. The third-order valence-corrected chi connectivity index (χ3v) is 6.38. The molecule has 2 aliphatic carbocycles. The van der Waals surface area contributed by atoms with E-state index in [0.717, 1.165) is 19.3 Å². The van der Waals surface area contributed by atoms with Crippen molar-refractivity contribution in [3.8, 4) is 0 Å². The van der Waals surface area contributed by atoms with Crippen LogP contribution in [0.3, 0.4) is 0 Å². The zero-order valence-corrected chi connectivity index (χ0v) is 14.0. The second-order valence-electron chi connectivity index (χ2n) is 7.73. The molecular weight excluding hydrogens is 304 g/mol. The summed E-state index contributed by atoms with van der Waals surface area (Å²) in [5, 5.41) is 8.02. The van der Waals surface area contributed by atoms with Gasteiger partial charge in [-0.2, -0.15) is 0 Å². The maximum Gasteiger partial charge on any atom is 0.136 e. The van der Waals surface area contributed by atoms with E-state index in [0.29, 0.717) is 17.6 Å². The minimum absolute atomic E-state index is 0.302. The first kappa shape index (κ1) is 13.6. The van der Waals surface area contributed by atoms with Crippen molar-refractivity contribution in [3.63, 3.8) is 0 Å². The van der Waals surface area contributed by atoms with Crippen LogP contribution in [-0.2, 0) is 4.79 Å². The van der Waals surface area contributed by atoms with E-state index in [4.69, 9.17) is 0 Å². The lowest BCUT2D eigenvalue weighted by molar-refractivity contribution is -0.121. The van der Waals surface area contributed by atoms with E-state index in [9.17, 15) is 4.79 Å². The topological polar surface area (TPSA) is 17.1 Å². The van der Waals surface area contributed by atoms with Crippen molar-refractivity contribution in [1.29, 1.82) is 0 Å². The minimum Gasteiger partial charge on any atom is -0.299 e. The fourth-order valence-corrected chi connectivity index (χ4v) is 5.16. The summed E-state index contributed by atoms with van der Waals surface area (Å²) >= 11 is 0. The van der Waals surface area contributed by atoms with Crippen molar-refractivity contribution < 1.29 is 4.79 Å². The molecule has 0 N–H and O–H groups in total. The fourth-order valence-electron chi connectivity index (χ4n) is 5.16. The average Bonchev–Trinajstić information content (AvgIpc) is 3.20. The number of hydrogen-bond donors (Lipinski definition) is 0.